The number of aryl methyl sites for hydroxylation is 3. The van der Waals surface area contributed by atoms with Crippen LogP contribution in [-0.2, 0) is 61.4 Å². The van der Waals surface area contributed by atoms with E-state index in [0.29, 0.717) is 51.3 Å². The van der Waals surface area contributed by atoms with Gasteiger partial charge in [-0.1, -0.05) is 224 Å². The number of carbonyl (C=O) groups excluding carboxylic acids is 8. The van der Waals surface area contributed by atoms with Crippen LogP contribution in [0.1, 0.15) is 242 Å². The number of aliphatic hydroxyl groups excluding tert-OH is 2. The first-order valence-corrected chi connectivity index (χ1v) is 56.1. The first-order chi connectivity index (χ1) is 60.2. The molecule has 6 unspecified atom stereocenters. The van der Waals surface area contributed by atoms with Crippen LogP contribution in [0.2, 0.25) is 54.4 Å². The Hall–Kier alpha value is -6.70. The second-order valence-electron chi connectivity index (χ2n) is 42.5. The molecule has 3 saturated heterocycles. The predicted molar refractivity (Wildman–Crippen MR) is 515 cm³/mol. The molecule has 6 aromatic carbocycles. The molecule has 6 heterocycles. The summed E-state index contributed by atoms with van der Waals surface area (Å²) >= 11 is 6.15. The number of ether oxygens (including phenoxy) is 5. The van der Waals surface area contributed by atoms with Gasteiger partial charge in [0.25, 0.3) is 35.4 Å². The van der Waals surface area contributed by atoms with E-state index in [0.717, 1.165) is 50.5 Å². The van der Waals surface area contributed by atoms with Crippen LogP contribution in [0, 0.1) is 46.3 Å². The average molecular weight is 1870 g/mol. The number of carbonyl (C=O) groups is 8. The number of hydrogen-bond donors (Lipinski definition) is 2. The fourth-order valence-electron chi connectivity index (χ4n) is 16.7. The van der Waals surface area contributed by atoms with E-state index in [1.165, 1.54) is 26.5 Å². The standard InChI is InChI=1S/C36H51NO6Si.C31H43NO5Si.C30H37NO6.C6H15ClSi.CH3O.Na/c1-24-27(20-19-25-15-11-10-12-16-25)31(23-41-34(40)35(2,3)4)42-30(24)21-26(43-44(8,9)36(5,6)7)22-37-32(38)28-17-13-14-18-29(28)33(37)39;1-21-24(17-16-22-12-8-7-9-13-22)28(20-33)36-27(21)18-23(37-38(5,6)31(2,3)4)19-32-29(34)25-14-10-11-15-26(25)30(32)35;1-19-22(15-14-20-10-6-5-7-11-20)26(18-36-29(35)30(2,3)4)37-25(19)16-21(32)17-31-27(33)23-12-8-9-13-24(23)28(31)34;1-6(2,3)8(4,5)7;1-2;/h10-18,24,26-27,30-31H,19-23H2,1-9H3;7-15,21,23-24,27-28,33H,16-20H2,1-6H3;5-13,19,21-22,25-26,32H,14-18H2,1-4H3;1-5H3;1H3;/q;;;;-1;+1/t24-,26?,27?,30-,31+;21-,23?,24?,27-,28+;19-,21?,22?,25-,26+;;;/m111.../s1. The summed E-state index contributed by atoms with van der Waals surface area (Å²) in [5, 5.41) is 29.6. The van der Waals surface area contributed by atoms with Gasteiger partial charge in [-0.25, -0.2) is 0 Å². The summed E-state index contributed by atoms with van der Waals surface area (Å²) in [6, 6.07) is 51.7. The van der Waals surface area contributed by atoms with Crippen LogP contribution >= 0.6 is 11.1 Å². The average Bonchev–Trinajstić information content (AvgIpc) is 1.62. The molecule has 0 aromatic heterocycles. The van der Waals surface area contributed by atoms with E-state index >= 15 is 0 Å². The van der Waals surface area contributed by atoms with Crippen LogP contribution in [0.25, 0.3) is 0 Å². The maximum absolute atomic E-state index is 13.3. The normalized spacial score (nSPS) is 22.9. The Balaban J connectivity index is 0.000000253. The Morgan fingerprint density at radius 3 is 0.877 bits per heavy atom. The van der Waals surface area contributed by atoms with Crippen molar-refractivity contribution in [1.82, 2.24) is 14.7 Å². The van der Waals surface area contributed by atoms with Crippen LogP contribution in [0.4, 0.5) is 0 Å². The van der Waals surface area contributed by atoms with E-state index in [1.54, 1.807) is 72.8 Å². The third-order valence-electron chi connectivity index (χ3n) is 27.9. The van der Waals surface area contributed by atoms with Crippen molar-refractivity contribution in [1.29, 1.82) is 0 Å². The zero-order chi connectivity index (χ0) is 95.9. The number of fused-ring (bicyclic) bond motifs is 3. The van der Waals surface area contributed by atoms with Crippen molar-refractivity contribution < 1.29 is 116 Å². The molecule has 6 amide bonds. The van der Waals surface area contributed by atoms with Crippen molar-refractivity contribution >= 4 is 82.5 Å². The number of benzene rings is 6. The number of aliphatic hydroxyl groups is 2. The number of amides is 6. The molecule has 6 aromatic rings. The summed E-state index contributed by atoms with van der Waals surface area (Å²) in [4.78, 5) is 107. The van der Waals surface area contributed by atoms with Gasteiger partial charge in [0.05, 0.1) is 125 Å². The third kappa shape index (κ3) is 28.9. The fraction of sp³-hybridized carbons (Fsp3) is 0.577. The molecule has 6 aliphatic rings. The van der Waals surface area contributed by atoms with Gasteiger partial charge in [-0.15, -0.1) is 0 Å². The van der Waals surface area contributed by atoms with Crippen LogP contribution in [0.5, 0.6) is 0 Å². The molecule has 26 heteroatoms. The SMILES string of the molecule is CC(C)(C)[Si](C)(C)Cl.C[C@@H]1C(CCc2ccccc2)[C@H](CO)O[C@@H]1CC(CN1C(=O)c2ccccc2C1=O)O[Si](C)(C)C(C)(C)C.C[C@@H]1C(CCc2ccccc2)[C@H](COC(=O)C(C)(C)C)O[C@@H]1CC(CN1C(=O)c2ccccc2C1=O)O[Si](C)(C)C(C)(C)C.C[C@@H]1C(CCc2ccccc2)[C@H](COC(=O)C(C)(C)C)O[C@@H]1CC(O)CN1C(=O)c2ccccc2C1=O.C[O-].[Na+]. The topological polar surface area (TPSA) is 274 Å². The van der Waals surface area contributed by atoms with E-state index in [2.05, 4.69) is 183 Å². The number of imide groups is 3. The Bertz CT molecular complexity index is 4590. The first-order valence-electron chi connectivity index (χ1n) is 46.3. The second-order valence-corrected chi connectivity index (χ2v) is 59.3. The van der Waals surface area contributed by atoms with Crippen LogP contribution < -0.4 is 34.7 Å². The molecule has 0 bridgehead atoms. The maximum Gasteiger partial charge on any atom is 1.00 e. The van der Waals surface area contributed by atoms with E-state index in [1.807, 2.05) is 71.9 Å². The molecule has 2 N–H and O–H groups in total. The molecule has 21 nitrogen and oxygen atoms in total. The van der Waals surface area contributed by atoms with Gasteiger partial charge >= 0.3 is 41.5 Å². The molecule has 15 atom stereocenters. The summed E-state index contributed by atoms with van der Waals surface area (Å²) in [6.45, 7) is 51.0. The van der Waals surface area contributed by atoms with Gasteiger partial charge < -0.3 is 47.9 Å². The molecule has 3 fully saturated rings. The molecule has 12 rings (SSSR count). The second kappa shape index (κ2) is 47.2. The zero-order valence-electron chi connectivity index (χ0n) is 82.5. The summed E-state index contributed by atoms with van der Waals surface area (Å²) < 4.78 is 44.7. The van der Waals surface area contributed by atoms with Gasteiger partial charge in [-0.3, -0.25) is 53.1 Å². The van der Waals surface area contributed by atoms with Crippen molar-refractivity contribution in [2.24, 2.45) is 46.3 Å². The maximum atomic E-state index is 13.3. The number of hydrogen-bond acceptors (Lipinski definition) is 18. The number of nitrogens with zero attached hydrogens (tertiary/aromatic N) is 3. The van der Waals surface area contributed by atoms with Gasteiger partial charge in [0, 0.05) is 19.3 Å². The fourth-order valence-corrected chi connectivity index (χ4v) is 19.5. The number of esters is 2. The number of β-amino-alcohol motifs (C(OH)–C–C–N with tert-alkyl or cyclic N) is 1. The Labute approximate surface area is 805 Å². The minimum absolute atomic E-state index is 0. The van der Waals surface area contributed by atoms with E-state index in [4.69, 9.17) is 48.7 Å². The van der Waals surface area contributed by atoms with Crippen LogP contribution in [0.15, 0.2) is 164 Å². The van der Waals surface area contributed by atoms with Gasteiger partial charge in [-0.05, 0) is 210 Å². The molecule has 130 heavy (non-hydrogen) atoms. The van der Waals surface area contributed by atoms with Gasteiger partial charge in [0.1, 0.15) is 13.2 Å². The van der Waals surface area contributed by atoms with E-state index in [-0.39, 0.29) is 211 Å². The summed E-state index contributed by atoms with van der Waals surface area (Å²) in [7, 11) is -5.13. The molecule has 0 saturated carbocycles. The van der Waals surface area contributed by atoms with Gasteiger partial charge in [-0.2, -0.15) is 18.2 Å². The molecule has 6 aliphatic heterocycles. The smallest absolute Gasteiger partial charge is 0.857 e. The Morgan fingerprint density at radius 1 is 0.392 bits per heavy atom. The van der Waals surface area contributed by atoms with E-state index in [9.17, 15) is 48.6 Å². The first kappa shape index (κ1) is 110. The molecule has 0 spiro atoms. The van der Waals surface area contributed by atoms with Crippen molar-refractivity contribution in [2.45, 2.75) is 292 Å². The largest absolute Gasteiger partial charge is 1.00 e. The third-order valence-corrected chi connectivity index (χ3v) is 42.2. The number of rotatable bonds is 30. The number of halogens is 1. The van der Waals surface area contributed by atoms with Crippen LogP contribution in [-0.4, -0.2) is 198 Å². The van der Waals surface area contributed by atoms with Crippen molar-refractivity contribution in [3.63, 3.8) is 0 Å². The monoisotopic (exact) mass is 1870 g/mol. The Kier molecular flexibility index (Phi) is 40.0. The molecular formula is C104H149ClN3NaO18Si3. The van der Waals surface area contributed by atoms with Crippen molar-refractivity contribution in [3.05, 3.63) is 214 Å². The minimum Gasteiger partial charge on any atom is -0.857 e. The summed E-state index contributed by atoms with van der Waals surface area (Å²) in [5.41, 5.74) is 5.09. The molecule has 708 valence electrons. The predicted octanol–water partition coefficient (Wildman–Crippen LogP) is 16.5. The van der Waals surface area contributed by atoms with Gasteiger partial charge in [0.2, 0.25) is 0 Å². The molecule has 0 radical (unpaired) electrons. The van der Waals surface area contributed by atoms with Crippen molar-refractivity contribution in [2.75, 3.05) is 46.6 Å². The van der Waals surface area contributed by atoms with Crippen molar-refractivity contribution in [3.8, 4) is 0 Å². The molecular weight excluding hydrogens is 1720 g/mol. The Morgan fingerprint density at radius 2 is 0.631 bits per heavy atom. The van der Waals surface area contributed by atoms with Gasteiger partial charge in [0.15, 0.2) is 24.0 Å². The minimum atomic E-state index is -2.28. The zero-order valence-corrected chi connectivity index (χ0v) is 88.3. The van der Waals surface area contributed by atoms with Crippen LogP contribution in [0.3, 0.4) is 0 Å². The van der Waals surface area contributed by atoms with E-state index < -0.39 is 47.1 Å². The molecule has 0 aliphatic carbocycles. The summed E-state index contributed by atoms with van der Waals surface area (Å²) in [5.74, 6) is -1.38. The quantitative estimate of drug-likeness (QED) is 0.0183. The summed E-state index contributed by atoms with van der Waals surface area (Å²) in [6.07, 6.45) is 3.72.